The van der Waals surface area contributed by atoms with Crippen molar-refractivity contribution in [3.8, 4) is 0 Å². The lowest BCUT2D eigenvalue weighted by atomic mass is 10.0. The average Bonchev–Trinajstić information content (AvgIpc) is 2.88. The van der Waals surface area contributed by atoms with Gasteiger partial charge in [0.1, 0.15) is 0 Å². The van der Waals surface area contributed by atoms with Gasteiger partial charge in [0.25, 0.3) is 0 Å². The van der Waals surface area contributed by atoms with Crippen molar-refractivity contribution < 1.29 is 14.3 Å². The van der Waals surface area contributed by atoms with E-state index in [-0.39, 0.29) is 36.2 Å². The minimum atomic E-state index is -0.146. The number of ether oxygens (including phenoxy) is 1. The highest BCUT2D eigenvalue weighted by molar-refractivity contribution is 5.89. The van der Waals surface area contributed by atoms with Crippen molar-refractivity contribution in [2.45, 2.75) is 38.7 Å². The molecule has 6 nitrogen and oxygen atoms in total. The maximum absolute atomic E-state index is 12.5. The van der Waals surface area contributed by atoms with Crippen LogP contribution in [0.1, 0.15) is 32.6 Å². The summed E-state index contributed by atoms with van der Waals surface area (Å²) in [7, 11) is 0. The number of piperidine rings is 1. The number of nitrogens with two attached hydrogens (primary N) is 1. The third kappa shape index (κ3) is 4.83. The zero-order chi connectivity index (χ0) is 15.2. The molecule has 2 rings (SSSR count). The molecular formula is C15H28ClN3O3. The first-order valence-electron chi connectivity index (χ1n) is 8.04. The molecule has 0 spiro atoms. The van der Waals surface area contributed by atoms with Crippen LogP contribution in [0.25, 0.3) is 0 Å². The summed E-state index contributed by atoms with van der Waals surface area (Å²) < 4.78 is 5.75. The Morgan fingerprint density at radius 1 is 1.36 bits per heavy atom. The van der Waals surface area contributed by atoms with Crippen LogP contribution in [0.15, 0.2) is 0 Å². The summed E-state index contributed by atoms with van der Waals surface area (Å²) in [5.74, 6) is 0.0997. The second-order valence-electron chi connectivity index (χ2n) is 5.87. The molecule has 2 aliphatic rings. The molecule has 7 heteroatoms. The van der Waals surface area contributed by atoms with Crippen molar-refractivity contribution in [3.63, 3.8) is 0 Å². The normalized spacial score (nSPS) is 22.8. The molecule has 2 aliphatic heterocycles. The smallest absolute Gasteiger partial charge is 0.227 e. The number of amides is 2. The van der Waals surface area contributed by atoms with Crippen molar-refractivity contribution >= 4 is 24.2 Å². The molecule has 0 bridgehead atoms. The van der Waals surface area contributed by atoms with Gasteiger partial charge in [-0.05, 0) is 32.7 Å². The highest BCUT2D eigenvalue weighted by Crippen LogP contribution is 2.22. The largest absolute Gasteiger partial charge is 0.378 e. The Bertz CT molecular complexity index is 373. The lowest BCUT2D eigenvalue weighted by molar-refractivity contribution is -0.138. The lowest BCUT2D eigenvalue weighted by Crippen LogP contribution is -2.44. The van der Waals surface area contributed by atoms with Crippen molar-refractivity contribution in [2.24, 2.45) is 11.7 Å². The molecule has 2 saturated heterocycles. The van der Waals surface area contributed by atoms with Crippen molar-refractivity contribution in [1.29, 1.82) is 0 Å². The van der Waals surface area contributed by atoms with Gasteiger partial charge >= 0.3 is 0 Å². The van der Waals surface area contributed by atoms with E-state index < -0.39 is 0 Å². The van der Waals surface area contributed by atoms with Crippen LogP contribution in [0.3, 0.4) is 0 Å². The number of rotatable bonds is 6. The minimum absolute atomic E-state index is 0. The molecule has 22 heavy (non-hydrogen) atoms. The fourth-order valence-corrected chi connectivity index (χ4v) is 3.08. The van der Waals surface area contributed by atoms with Gasteiger partial charge in [-0.3, -0.25) is 9.59 Å². The standard InChI is InChI=1S/C15H27N3O3.ClH/c1-2-17-11-12(10-14(17)19)15(20)18-7-4-13(5-8-18)21-9-3-6-16;/h12-13H,2-11,16H2,1H3;1H. The van der Waals surface area contributed by atoms with Gasteiger partial charge in [-0.15, -0.1) is 12.4 Å². The second kappa shape index (κ2) is 9.33. The van der Waals surface area contributed by atoms with E-state index in [1.54, 1.807) is 4.90 Å². The Kier molecular flexibility index (Phi) is 8.14. The van der Waals surface area contributed by atoms with Crippen LogP contribution in [0.2, 0.25) is 0 Å². The fourth-order valence-electron chi connectivity index (χ4n) is 3.08. The summed E-state index contributed by atoms with van der Waals surface area (Å²) in [5.41, 5.74) is 5.45. The summed E-state index contributed by atoms with van der Waals surface area (Å²) in [4.78, 5) is 27.9. The molecule has 0 saturated carbocycles. The van der Waals surface area contributed by atoms with Crippen LogP contribution in [0.5, 0.6) is 0 Å². The van der Waals surface area contributed by atoms with E-state index in [2.05, 4.69) is 0 Å². The Morgan fingerprint density at radius 3 is 2.59 bits per heavy atom. The zero-order valence-electron chi connectivity index (χ0n) is 13.3. The van der Waals surface area contributed by atoms with Crippen LogP contribution in [-0.4, -0.2) is 67.0 Å². The number of likely N-dealkylation sites (tertiary alicyclic amines) is 2. The Labute approximate surface area is 138 Å². The number of carbonyl (C=O) groups is 2. The summed E-state index contributed by atoms with van der Waals surface area (Å²) in [6.07, 6.45) is 3.27. The maximum Gasteiger partial charge on any atom is 0.227 e. The molecule has 1 unspecified atom stereocenters. The molecule has 2 N–H and O–H groups in total. The van der Waals surface area contributed by atoms with Crippen molar-refractivity contribution in [2.75, 3.05) is 39.3 Å². The van der Waals surface area contributed by atoms with Gasteiger partial charge in [0.05, 0.1) is 12.0 Å². The molecule has 0 aromatic carbocycles. The molecule has 0 radical (unpaired) electrons. The van der Waals surface area contributed by atoms with Gasteiger partial charge in [0, 0.05) is 39.2 Å². The van der Waals surface area contributed by atoms with Crippen molar-refractivity contribution in [3.05, 3.63) is 0 Å². The van der Waals surface area contributed by atoms with Gasteiger partial charge in [0.15, 0.2) is 0 Å². The highest BCUT2D eigenvalue weighted by Gasteiger charge is 2.36. The zero-order valence-corrected chi connectivity index (χ0v) is 14.1. The number of halogens is 1. The van der Waals surface area contributed by atoms with Crippen LogP contribution in [-0.2, 0) is 14.3 Å². The van der Waals surface area contributed by atoms with Gasteiger partial charge in [-0.1, -0.05) is 0 Å². The number of nitrogens with zero attached hydrogens (tertiary/aromatic N) is 2. The average molecular weight is 334 g/mol. The molecule has 2 amide bonds. The van der Waals surface area contributed by atoms with E-state index in [9.17, 15) is 9.59 Å². The molecular weight excluding hydrogens is 306 g/mol. The van der Waals surface area contributed by atoms with E-state index in [1.165, 1.54) is 0 Å². The second-order valence-corrected chi connectivity index (χ2v) is 5.87. The molecule has 0 aromatic rings. The van der Waals surface area contributed by atoms with E-state index in [1.807, 2.05) is 11.8 Å². The van der Waals surface area contributed by atoms with Crippen molar-refractivity contribution in [1.82, 2.24) is 9.80 Å². The molecule has 0 aliphatic carbocycles. The first-order valence-corrected chi connectivity index (χ1v) is 8.04. The van der Waals surface area contributed by atoms with Gasteiger partial charge in [-0.2, -0.15) is 0 Å². The number of hydrogen-bond acceptors (Lipinski definition) is 4. The predicted octanol–water partition coefficient (Wildman–Crippen LogP) is 0.633. The first kappa shape index (κ1) is 19.2. The van der Waals surface area contributed by atoms with Gasteiger partial charge in [-0.25, -0.2) is 0 Å². The topological polar surface area (TPSA) is 75.9 Å². The molecule has 128 valence electrons. The summed E-state index contributed by atoms with van der Waals surface area (Å²) in [5, 5.41) is 0. The van der Waals surface area contributed by atoms with Crippen LogP contribution in [0, 0.1) is 5.92 Å². The first-order chi connectivity index (χ1) is 10.2. The third-order valence-electron chi connectivity index (χ3n) is 4.40. The maximum atomic E-state index is 12.5. The Hall–Kier alpha value is -0.850. The fraction of sp³-hybridized carbons (Fsp3) is 0.867. The number of hydrogen-bond donors (Lipinski definition) is 1. The minimum Gasteiger partial charge on any atom is -0.378 e. The van der Waals surface area contributed by atoms with Gasteiger partial charge < -0.3 is 20.3 Å². The SMILES string of the molecule is CCN1CC(C(=O)N2CCC(OCCCN)CC2)CC1=O.Cl. The Balaban J connectivity index is 0.00000242. The molecule has 2 heterocycles. The Morgan fingerprint density at radius 2 is 2.05 bits per heavy atom. The number of carbonyl (C=O) groups excluding carboxylic acids is 2. The molecule has 2 fully saturated rings. The lowest BCUT2D eigenvalue weighted by Gasteiger charge is -2.33. The van der Waals surface area contributed by atoms with E-state index in [0.717, 1.165) is 32.4 Å². The highest BCUT2D eigenvalue weighted by atomic mass is 35.5. The summed E-state index contributed by atoms with van der Waals surface area (Å²) >= 11 is 0. The van der Waals surface area contributed by atoms with Crippen LogP contribution in [0.4, 0.5) is 0 Å². The molecule has 0 aromatic heterocycles. The summed E-state index contributed by atoms with van der Waals surface area (Å²) in [6, 6.07) is 0. The quantitative estimate of drug-likeness (QED) is 0.723. The molecule has 1 atom stereocenters. The van der Waals surface area contributed by atoms with Gasteiger partial charge in [0.2, 0.25) is 11.8 Å². The van der Waals surface area contributed by atoms with E-state index >= 15 is 0 Å². The van der Waals surface area contributed by atoms with E-state index in [0.29, 0.717) is 32.7 Å². The summed E-state index contributed by atoms with van der Waals surface area (Å²) in [6.45, 7) is 6.07. The monoisotopic (exact) mass is 333 g/mol. The third-order valence-corrected chi connectivity index (χ3v) is 4.40. The van der Waals surface area contributed by atoms with E-state index in [4.69, 9.17) is 10.5 Å². The predicted molar refractivity (Wildman–Crippen MR) is 86.8 cm³/mol. The van der Waals surface area contributed by atoms with Crippen LogP contribution >= 0.6 is 12.4 Å². The van der Waals surface area contributed by atoms with Crippen LogP contribution < -0.4 is 5.73 Å².